The number of ether oxygens (including phenoxy) is 3. The van der Waals surface area contributed by atoms with Crippen LogP contribution < -0.4 is 10.6 Å². The Morgan fingerprint density at radius 1 is 0.826 bits per heavy atom. The lowest BCUT2D eigenvalue weighted by molar-refractivity contribution is -0.152. The van der Waals surface area contributed by atoms with E-state index in [-0.39, 0.29) is 50.4 Å². The third-order valence-corrected chi connectivity index (χ3v) is 15.5. The number of nitrogens with one attached hydrogen (secondary N) is 2. The molecular formula is C31H52ClN3O7S4. The molecule has 0 aromatic rings. The highest BCUT2D eigenvalue weighted by atomic mass is 35.5. The number of carbonyl (C=O) groups excluding carboxylic acids is 4. The van der Waals surface area contributed by atoms with E-state index < -0.39 is 23.8 Å². The molecule has 2 N–H and O–H groups in total. The van der Waals surface area contributed by atoms with Crippen molar-refractivity contribution in [2.24, 2.45) is 5.92 Å². The molecule has 5 aliphatic rings. The molecule has 1 saturated carbocycles. The number of esters is 2. The monoisotopic (exact) mass is 741 g/mol. The van der Waals surface area contributed by atoms with Gasteiger partial charge in [-0.15, -0.1) is 59.5 Å². The van der Waals surface area contributed by atoms with Gasteiger partial charge in [0, 0.05) is 19.5 Å². The molecule has 5 rings (SSSR count). The molecule has 0 aromatic carbocycles. The van der Waals surface area contributed by atoms with Crippen LogP contribution >= 0.6 is 59.5 Å². The summed E-state index contributed by atoms with van der Waals surface area (Å²) in [5.41, 5.74) is -0.647. The van der Waals surface area contributed by atoms with Crippen molar-refractivity contribution in [3.8, 4) is 0 Å². The summed E-state index contributed by atoms with van der Waals surface area (Å²) in [4.78, 5) is 52.1. The van der Waals surface area contributed by atoms with Crippen LogP contribution in [0.1, 0.15) is 78.6 Å². The standard InChI is InChI=1S/C22H36N2O5S2.C9H15NO2S2.ClH/c1-21(2,3)29-20(27)23-17(15-9-6-5-7-10-15)18(25)24-14-22(30-11-8-12-31-22)13-16(24)19(26)28-4;1-12-8(11)7-5-9(6-10-7)13-3-2-4-14-9;/h15-17H,5-14H2,1-4H3,(H,23,27);7,10H,2-6H2,1H3;1H/t16-,17?;7-;/m00./s1. The first-order chi connectivity index (χ1) is 21.4. The fourth-order valence-electron chi connectivity index (χ4n) is 6.58. The summed E-state index contributed by atoms with van der Waals surface area (Å²) in [6.07, 6.45) is 8.35. The Hall–Kier alpha value is -0.670. The molecule has 5 fully saturated rings. The number of likely N-dealkylation sites (tertiary alicyclic amines) is 1. The molecule has 2 spiro atoms. The highest BCUT2D eigenvalue weighted by Gasteiger charge is 2.52. The lowest BCUT2D eigenvalue weighted by atomic mass is 9.83. The Labute approximate surface area is 297 Å². The van der Waals surface area contributed by atoms with Crippen LogP contribution in [0.4, 0.5) is 4.79 Å². The number of halogens is 1. The summed E-state index contributed by atoms with van der Waals surface area (Å²) in [6, 6.07) is -1.38. The van der Waals surface area contributed by atoms with Crippen LogP contribution in [0.5, 0.6) is 0 Å². The van der Waals surface area contributed by atoms with E-state index in [0.717, 1.165) is 63.0 Å². The van der Waals surface area contributed by atoms with Crippen LogP contribution in [0.15, 0.2) is 0 Å². The number of methoxy groups -OCH3 is 2. The van der Waals surface area contributed by atoms with Crippen LogP contribution in [0.3, 0.4) is 0 Å². The lowest BCUT2D eigenvalue weighted by Crippen LogP contribution is -2.56. The Morgan fingerprint density at radius 2 is 1.39 bits per heavy atom. The first-order valence-electron chi connectivity index (χ1n) is 16.1. The number of nitrogens with zero attached hydrogens (tertiary/aromatic N) is 1. The molecule has 3 atom stereocenters. The number of carbonyl (C=O) groups is 4. The quantitative estimate of drug-likeness (QED) is 0.281. The zero-order chi connectivity index (χ0) is 32.7. The van der Waals surface area contributed by atoms with E-state index >= 15 is 0 Å². The van der Waals surface area contributed by atoms with Crippen molar-refractivity contribution in [2.75, 3.05) is 50.3 Å². The van der Waals surface area contributed by atoms with Crippen molar-refractivity contribution >= 4 is 83.4 Å². The topological polar surface area (TPSA) is 123 Å². The van der Waals surface area contributed by atoms with Crippen molar-refractivity contribution in [1.82, 2.24) is 15.5 Å². The molecule has 1 aliphatic carbocycles. The molecule has 4 saturated heterocycles. The Bertz CT molecular complexity index is 1050. The van der Waals surface area contributed by atoms with Gasteiger partial charge in [0.1, 0.15) is 23.7 Å². The zero-order valence-electron chi connectivity index (χ0n) is 27.8. The van der Waals surface area contributed by atoms with Crippen LogP contribution in [0, 0.1) is 5.92 Å². The van der Waals surface area contributed by atoms with Gasteiger partial charge in [0.05, 0.1) is 22.4 Å². The number of hydrogen-bond acceptors (Lipinski definition) is 12. The Kier molecular flexibility index (Phi) is 15.4. The maximum Gasteiger partial charge on any atom is 0.408 e. The minimum absolute atomic E-state index is 0. The summed E-state index contributed by atoms with van der Waals surface area (Å²) in [6.45, 7) is 6.85. The van der Waals surface area contributed by atoms with Gasteiger partial charge in [-0.3, -0.25) is 9.59 Å². The molecule has 15 heteroatoms. The van der Waals surface area contributed by atoms with Gasteiger partial charge < -0.3 is 29.7 Å². The van der Waals surface area contributed by atoms with Gasteiger partial charge >= 0.3 is 18.0 Å². The molecular weight excluding hydrogens is 690 g/mol. The normalized spacial score (nSPS) is 26.2. The van der Waals surface area contributed by atoms with Gasteiger partial charge in [0.25, 0.3) is 0 Å². The number of alkyl carbamates (subject to hydrolysis) is 1. The summed E-state index contributed by atoms with van der Waals surface area (Å²) in [5, 5.41) is 6.12. The third kappa shape index (κ3) is 10.7. The molecule has 46 heavy (non-hydrogen) atoms. The summed E-state index contributed by atoms with van der Waals surface area (Å²) in [5.74, 6) is 3.89. The van der Waals surface area contributed by atoms with Crippen LogP contribution in [0.25, 0.3) is 0 Å². The first-order valence-corrected chi connectivity index (χ1v) is 20.1. The fourth-order valence-corrected chi connectivity index (χ4v) is 13.2. The highest BCUT2D eigenvalue weighted by Crippen LogP contribution is 2.51. The van der Waals surface area contributed by atoms with Crippen molar-refractivity contribution in [1.29, 1.82) is 0 Å². The van der Waals surface area contributed by atoms with Crippen molar-refractivity contribution in [3.05, 3.63) is 0 Å². The number of hydrogen-bond donors (Lipinski definition) is 2. The maximum atomic E-state index is 13.8. The summed E-state index contributed by atoms with van der Waals surface area (Å²) < 4.78 is 15.3. The molecule has 4 aliphatic heterocycles. The second kappa shape index (κ2) is 17.8. The smallest absolute Gasteiger partial charge is 0.408 e. The molecule has 264 valence electrons. The predicted octanol–water partition coefficient (Wildman–Crippen LogP) is 5.31. The van der Waals surface area contributed by atoms with E-state index in [2.05, 4.69) is 10.6 Å². The molecule has 0 bridgehead atoms. The van der Waals surface area contributed by atoms with Crippen molar-refractivity contribution in [3.63, 3.8) is 0 Å². The molecule has 2 amide bonds. The Balaban J connectivity index is 0.000000320. The molecule has 1 unspecified atom stereocenters. The van der Waals surface area contributed by atoms with E-state index in [1.54, 1.807) is 25.7 Å². The number of amides is 2. The van der Waals surface area contributed by atoms with Gasteiger partial charge in [-0.25, -0.2) is 9.59 Å². The van der Waals surface area contributed by atoms with Gasteiger partial charge in [0.2, 0.25) is 5.91 Å². The second-order valence-corrected chi connectivity index (χ2v) is 19.7. The fraction of sp³-hybridized carbons (Fsp3) is 0.871. The summed E-state index contributed by atoms with van der Waals surface area (Å²) in [7, 11) is 2.82. The van der Waals surface area contributed by atoms with E-state index in [1.165, 1.54) is 32.1 Å². The third-order valence-electron chi connectivity index (χ3n) is 8.76. The maximum absolute atomic E-state index is 13.8. The second-order valence-electron chi connectivity index (χ2n) is 13.3. The van der Waals surface area contributed by atoms with Crippen LogP contribution in [-0.4, -0.2) is 111 Å². The van der Waals surface area contributed by atoms with E-state index in [4.69, 9.17) is 14.2 Å². The average molecular weight is 742 g/mol. The van der Waals surface area contributed by atoms with Gasteiger partial charge in [-0.2, -0.15) is 0 Å². The largest absolute Gasteiger partial charge is 0.468 e. The SMILES string of the molecule is COC(=O)[C@@H]1CC2(CN1)SCCCS2.COC(=O)[C@@H]1CC2(CN1C(=O)C(NC(=O)OC(C)(C)C)C1CCCCC1)SCCCS2.Cl. The molecule has 0 aromatic heterocycles. The highest BCUT2D eigenvalue weighted by molar-refractivity contribution is 8.19. The molecule has 10 nitrogen and oxygen atoms in total. The van der Waals surface area contributed by atoms with Gasteiger partial charge in [0.15, 0.2) is 0 Å². The van der Waals surface area contributed by atoms with Crippen LogP contribution in [0.2, 0.25) is 0 Å². The first kappa shape index (κ1) is 39.8. The number of rotatable bonds is 5. The number of thioether (sulfide) groups is 4. The zero-order valence-corrected chi connectivity index (χ0v) is 31.8. The van der Waals surface area contributed by atoms with E-state index in [9.17, 15) is 19.2 Å². The van der Waals surface area contributed by atoms with Gasteiger partial charge in [-0.1, -0.05) is 19.3 Å². The lowest BCUT2D eigenvalue weighted by Gasteiger charge is -2.35. The van der Waals surface area contributed by atoms with E-state index in [1.807, 2.05) is 47.0 Å². The minimum atomic E-state index is -0.684. The van der Waals surface area contributed by atoms with Crippen molar-refractivity contribution < 1.29 is 33.4 Å². The van der Waals surface area contributed by atoms with E-state index in [0.29, 0.717) is 13.0 Å². The minimum Gasteiger partial charge on any atom is -0.468 e. The van der Waals surface area contributed by atoms with Crippen LogP contribution in [-0.2, 0) is 28.6 Å². The van der Waals surface area contributed by atoms with Gasteiger partial charge in [-0.05, 0) is 81.8 Å². The average Bonchev–Trinajstić information content (AvgIpc) is 3.61. The predicted molar refractivity (Wildman–Crippen MR) is 192 cm³/mol. The summed E-state index contributed by atoms with van der Waals surface area (Å²) >= 11 is 7.68. The molecule has 4 heterocycles. The molecule has 0 radical (unpaired) electrons. The van der Waals surface area contributed by atoms with Crippen molar-refractivity contribution in [2.45, 2.75) is 110 Å². The Morgan fingerprint density at radius 3 is 1.93 bits per heavy atom.